The molecule has 0 radical (unpaired) electrons. The van der Waals surface area contributed by atoms with Crippen molar-refractivity contribution in [3.05, 3.63) is 29.8 Å². The van der Waals surface area contributed by atoms with Gasteiger partial charge in [0.2, 0.25) is 5.91 Å². The topological polar surface area (TPSA) is 43.8 Å². The van der Waals surface area contributed by atoms with Gasteiger partial charge in [0.15, 0.2) is 0 Å². The molecule has 0 saturated carbocycles. The van der Waals surface area contributed by atoms with Gasteiger partial charge >= 0.3 is 0 Å². The minimum atomic E-state index is -0.465. The number of benzene rings is 1. The van der Waals surface area contributed by atoms with Gasteiger partial charge < -0.3 is 14.9 Å². The minimum absolute atomic E-state index is 0.137. The van der Waals surface area contributed by atoms with E-state index in [9.17, 15) is 9.90 Å². The van der Waals surface area contributed by atoms with Crippen LogP contribution >= 0.6 is 0 Å². The van der Waals surface area contributed by atoms with E-state index in [1.165, 1.54) is 0 Å². The molecule has 2 rings (SSSR count). The summed E-state index contributed by atoms with van der Waals surface area (Å²) in [5, 5.41) is 10.1. The van der Waals surface area contributed by atoms with Gasteiger partial charge in [-0.1, -0.05) is 25.1 Å². The maximum absolute atomic E-state index is 12.0. The number of rotatable bonds is 3. The lowest BCUT2D eigenvalue weighted by atomic mass is 10.0. The predicted molar refractivity (Wildman–Crippen MR) is 76.2 cm³/mol. The summed E-state index contributed by atoms with van der Waals surface area (Å²) in [6, 6.07) is 7.83. The summed E-state index contributed by atoms with van der Waals surface area (Å²) in [6.45, 7) is 4.00. The fourth-order valence-corrected chi connectivity index (χ4v) is 2.47. The van der Waals surface area contributed by atoms with Crippen molar-refractivity contribution >= 4 is 11.6 Å². The fourth-order valence-electron chi connectivity index (χ4n) is 2.47. The molecular weight excluding hydrogens is 240 g/mol. The van der Waals surface area contributed by atoms with Gasteiger partial charge in [0.05, 0.1) is 12.6 Å². The van der Waals surface area contributed by atoms with Crippen LogP contribution in [-0.4, -0.2) is 42.6 Å². The summed E-state index contributed by atoms with van der Waals surface area (Å²) in [5.41, 5.74) is 1.91. The molecule has 0 bridgehead atoms. The SMILES string of the molecule is CCC(O)c1ccccc1N1CCCN(C)C(=O)C1. The summed E-state index contributed by atoms with van der Waals surface area (Å²) in [6.07, 6.45) is 1.17. The van der Waals surface area contributed by atoms with Crippen molar-refractivity contribution in [1.29, 1.82) is 0 Å². The standard InChI is InChI=1S/C15H22N2O2/c1-3-14(18)12-7-4-5-8-13(12)17-10-6-9-16(2)15(19)11-17/h4-5,7-8,14,18H,3,6,9-11H2,1-2H3. The average Bonchev–Trinajstić information content (AvgIpc) is 2.60. The molecule has 19 heavy (non-hydrogen) atoms. The molecule has 0 aliphatic carbocycles. The van der Waals surface area contributed by atoms with Gasteiger partial charge in [-0.2, -0.15) is 0 Å². The lowest BCUT2D eigenvalue weighted by molar-refractivity contribution is -0.127. The largest absolute Gasteiger partial charge is 0.388 e. The predicted octanol–water partition coefficient (Wildman–Crippen LogP) is 1.80. The van der Waals surface area contributed by atoms with Crippen LogP contribution in [0, 0.1) is 0 Å². The molecule has 1 aliphatic rings. The van der Waals surface area contributed by atoms with Gasteiger partial charge in [0.1, 0.15) is 0 Å². The summed E-state index contributed by atoms with van der Waals surface area (Å²) in [4.78, 5) is 15.8. The van der Waals surface area contributed by atoms with E-state index in [0.717, 1.165) is 30.8 Å². The number of anilines is 1. The first-order valence-corrected chi connectivity index (χ1v) is 6.89. The van der Waals surface area contributed by atoms with E-state index >= 15 is 0 Å². The molecule has 0 spiro atoms. The Labute approximate surface area is 114 Å². The molecular formula is C15H22N2O2. The third-order valence-corrected chi connectivity index (χ3v) is 3.70. The van der Waals surface area contributed by atoms with E-state index in [4.69, 9.17) is 0 Å². The first kappa shape index (κ1) is 13.9. The molecule has 1 aromatic carbocycles. The fraction of sp³-hybridized carbons (Fsp3) is 0.533. The average molecular weight is 262 g/mol. The van der Waals surface area contributed by atoms with Crippen LogP contribution < -0.4 is 4.90 Å². The molecule has 1 heterocycles. The second kappa shape index (κ2) is 6.06. The zero-order valence-electron chi connectivity index (χ0n) is 11.7. The van der Waals surface area contributed by atoms with E-state index in [1.807, 2.05) is 38.2 Å². The molecule has 1 amide bonds. The highest BCUT2D eigenvalue weighted by atomic mass is 16.3. The highest BCUT2D eigenvalue weighted by Crippen LogP contribution is 2.28. The molecule has 1 aliphatic heterocycles. The Balaban J connectivity index is 2.28. The molecule has 1 fully saturated rings. The van der Waals surface area contributed by atoms with Crippen LogP contribution in [0.5, 0.6) is 0 Å². The summed E-state index contributed by atoms with van der Waals surface area (Å²) >= 11 is 0. The number of amides is 1. The Morgan fingerprint density at radius 3 is 2.79 bits per heavy atom. The van der Waals surface area contributed by atoms with Gasteiger partial charge in [-0.15, -0.1) is 0 Å². The Kier molecular flexibility index (Phi) is 4.43. The third-order valence-electron chi connectivity index (χ3n) is 3.70. The van der Waals surface area contributed by atoms with Crippen LogP contribution in [0.4, 0.5) is 5.69 Å². The van der Waals surface area contributed by atoms with Gasteiger partial charge in [-0.3, -0.25) is 4.79 Å². The van der Waals surface area contributed by atoms with E-state index < -0.39 is 6.10 Å². The number of aliphatic hydroxyl groups is 1. The zero-order valence-corrected chi connectivity index (χ0v) is 11.7. The normalized spacial score (nSPS) is 18.4. The molecule has 104 valence electrons. The molecule has 1 atom stereocenters. The monoisotopic (exact) mass is 262 g/mol. The molecule has 1 unspecified atom stereocenters. The van der Waals surface area contributed by atoms with Crippen molar-refractivity contribution in [2.45, 2.75) is 25.9 Å². The maximum Gasteiger partial charge on any atom is 0.241 e. The van der Waals surface area contributed by atoms with Crippen molar-refractivity contribution in [1.82, 2.24) is 4.90 Å². The smallest absolute Gasteiger partial charge is 0.241 e. The quantitative estimate of drug-likeness (QED) is 0.903. The Morgan fingerprint density at radius 1 is 1.32 bits per heavy atom. The highest BCUT2D eigenvalue weighted by molar-refractivity contribution is 5.82. The molecule has 4 nitrogen and oxygen atoms in total. The van der Waals surface area contributed by atoms with E-state index in [1.54, 1.807) is 4.90 Å². The first-order chi connectivity index (χ1) is 9.13. The number of aliphatic hydroxyl groups excluding tert-OH is 1. The van der Waals surface area contributed by atoms with E-state index in [-0.39, 0.29) is 5.91 Å². The lowest BCUT2D eigenvalue weighted by Gasteiger charge is -2.26. The molecule has 0 aromatic heterocycles. The van der Waals surface area contributed by atoms with Crippen molar-refractivity contribution in [3.8, 4) is 0 Å². The number of carbonyl (C=O) groups excluding carboxylic acids is 1. The Hall–Kier alpha value is -1.55. The second-order valence-corrected chi connectivity index (χ2v) is 5.07. The van der Waals surface area contributed by atoms with Gasteiger partial charge in [0, 0.05) is 31.4 Å². The number of nitrogens with zero attached hydrogens (tertiary/aromatic N) is 2. The molecule has 1 N–H and O–H groups in total. The van der Waals surface area contributed by atoms with Crippen LogP contribution in [0.3, 0.4) is 0 Å². The van der Waals surface area contributed by atoms with E-state index in [0.29, 0.717) is 13.0 Å². The van der Waals surface area contributed by atoms with Gasteiger partial charge in [0.25, 0.3) is 0 Å². The zero-order chi connectivity index (χ0) is 13.8. The Bertz CT molecular complexity index is 448. The number of hydrogen-bond acceptors (Lipinski definition) is 3. The summed E-state index contributed by atoms with van der Waals surface area (Å²) in [7, 11) is 1.85. The lowest BCUT2D eigenvalue weighted by Crippen LogP contribution is -2.34. The highest BCUT2D eigenvalue weighted by Gasteiger charge is 2.22. The van der Waals surface area contributed by atoms with Crippen molar-refractivity contribution in [2.75, 3.05) is 31.6 Å². The number of carbonyl (C=O) groups is 1. The van der Waals surface area contributed by atoms with Crippen LogP contribution in [0.15, 0.2) is 24.3 Å². The van der Waals surface area contributed by atoms with Crippen molar-refractivity contribution in [3.63, 3.8) is 0 Å². The number of para-hydroxylation sites is 1. The van der Waals surface area contributed by atoms with Crippen LogP contribution in [0.2, 0.25) is 0 Å². The minimum Gasteiger partial charge on any atom is -0.388 e. The van der Waals surface area contributed by atoms with E-state index in [2.05, 4.69) is 4.90 Å². The molecule has 1 saturated heterocycles. The van der Waals surface area contributed by atoms with Gasteiger partial charge in [-0.25, -0.2) is 0 Å². The van der Waals surface area contributed by atoms with Crippen LogP contribution in [0.25, 0.3) is 0 Å². The summed E-state index contributed by atoms with van der Waals surface area (Å²) < 4.78 is 0. The molecule has 1 aromatic rings. The van der Waals surface area contributed by atoms with Crippen molar-refractivity contribution < 1.29 is 9.90 Å². The van der Waals surface area contributed by atoms with Crippen LogP contribution in [0.1, 0.15) is 31.4 Å². The van der Waals surface area contributed by atoms with Crippen molar-refractivity contribution in [2.24, 2.45) is 0 Å². The van der Waals surface area contributed by atoms with Gasteiger partial charge in [-0.05, 0) is 18.9 Å². The maximum atomic E-state index is 12.0. The second-order valence-electron chi connectivity index (χ2n) is 5.07. The number of likely N-dealkylation sites (N-methyl/N-ethyl adjacent to an activating group) is 1. The first-order valence-electron chi connectivity index (χ1n) is 6.89. The summed E-state index contributed by atoms with van der Waals surface area (Å²) in [5.74, 6) is 0.137. The van der Waals surface area contributed by atoms with Crippen LogP contribution in [-0.2, 0) is 4.79 Å². The number of hydrogen-bond donors (Lipinski definition) is 1. The Morgan fingerprint density at radius 2 is 2.05 bits per heavy atom. The molecule has 4 heteroatoms. The third kappa shape index (κ3) is 3.07.